The van der Waals surface area contributed by atoms with Crippen LogP contribution in [0.5, 0.6) is 0 Å². The van der Waals surface area contributed by atoms with Gasteiger partial charge in [-0.15, -0.1) is 0 Å². The minimum atomic E-state index is -2.46. The van der Waals surface area contributed by atoms with E-state index in [-0.39, 0.29) is 32.5 Å². The Hall–Kier alpha value is -1.80. The Kier molecular flexibility index (Phi) is 3.73. The fraction of sp³-hybridized carbons (Fsp3) is 0.500. The molecule has 0 bridgehead atoms. The number of likely N-dealkylation sites (tertiary alicyclic amines) is 1. The predicted molar refractivity (Wildman–Crippen MR) is 75.9 cm³/mol. The van der Waals surface area contributed by atoms with Gasteiger partial charge in [0.15, 0.2) is 0 Å². The Morgan fingerprint density at radius 2 is 2.14 bits per heavy atom. The standard InChI is InChI=1S/C14H15FN2O4S/c1-21-5-4-16-11(18)2-3-14(15,13(16)20)17-6-9-7-22-8-10(9)12(17)19/h7-8H,2-6H2,1H3. The van der Waals surface area contributed by atoms with Crippen molar-refractivity contribution in [2.24, 2.45) is 0 Å². The first-order valence-corrected chi connectivity index (χ1v) is 7.83. The topological polar surface area (TPSA) is 66.9 Å². The summed E-state index contributed by atoms with van der Waals surface area (Å²) in [6, 6.07) is 0. The van der Waals surface area contributed by atoms with Crippen LogP contribution in [0.3, 0.4) is 0 Å². The summed E-state index contributed by atoms with van der Waals surface area (Å²) in [5.74, 6) is -4.36. The van der Waals surface area contributed by atoms with Crippen LogP contribution in [-0.4, -0.2) is 53.6 Å². The molecule has 1 aromatic heterocycles. The number of hydrogen-bond donors (Lipinski definition) is 0. The fourth-order valence-electron chi connectivity index (χ4n) is 2.80. The first kappa shape index (κ1) is 15.1. The molecule has 0 aromatic carbocycles. The van der Waals surface area contributed by atoms with E-state index >= 15 is 4.39 Å². The van der Waals surface area contributed by atoms with E-state index in [1.54, 1.807) is 10.8 Å². The lowest BCUT2D eigenvalue weighted by molar-refractivity contribution is -0.170. The third-order valence-electron chi connectivity index (χ3n) is 4.04. The van der Waals surface area contributed by atoms with Crippen LogP contribution in [0.2, 0.25) is 0 Å². The summed E-state index contributed by atoms with van der Waals surface area (Å²) < 4.78 is 20.2. The maximum absolute atomic E-state index is 15.3. The van der Waals surface area contributed by atoms with Gasteiger partial charge in [0.05, 0.1) is 25.3 Å². The van der Waals surface area contributed by atoms with Crippen LogP contribution in [0.25, 0.3) is 0 Å². The van der Waals surface area contributed by atoms with Gasteiger partial charge >= 0.3 is 0 Å². The Bertz CT molecular complexity index is 647. The number of hydrogen-bond acceptors (Lipinski definition) is 5. The molecular formula is C14H15FN2O4S. The zero-order chi connectivity index (χ0) is 15.9. The monoisotopic (exact) mass is 326 g/mol. The van der Waals surface area contributed by atoms with Crippen molar-refractivity contribution in [2.75, 3.05) is 20.3 Å². The second kappa shape index (κ2) is 5.44. The van der Waals surface area contributed by atoms with Gasteiger partial charge in [0.2, 0.25) is 5.91 Å². The van der Waals surface area contributed by atoms with Crippen molar-refractivity contribution >= 4 is 29.1 Å². The molecule has 0 spiro atoms. The van der Waals surface area contributed by atoms with Crippen molar-refractivity contribution in [3.05, 3.63) is 21.9 Å². The number of methoxy groups -OCH3 is 1. The Morgan fingerprint density at radius 1 is 1.36 bits per heavy atom. The molecule has 1 unspecified atom stereocenters. The smallest absolute Gasteiger partial charge is 0.288 e. The van der Waals surface area contributed by atoms with Gasteiger partial charge in [0, 0.05) is 25.3 Å². The molecule has 3 heterocycles. The van der Waals surface area contributed by atoms with Crippen molar-refractivity contribution in [1.82, 2.24) is 9.80 Å². The van der Waals surface area contributed by atoms with Crippen molar-refractivity contribution in [2.45, 2.75) is 25.2 Å². The largest absolute Gasteiger partial charge is 0.383 e. The number of thiophene rings is 1. The van der Waals surface area contributed by atoms with Crippen LogP contribution in [0.1, 0.15) is 28.8 Å². The molecule has 0 N–H and O–H groups in total. The molecule has 0 aliphatic carbocycles. The van der Waals surface area contributed by atoms with E-state index in [1.165, 1.54) is 18.4 Å². The van der Waals surface area contributed by atoms with Crippen molar-refractivity contribution in [1.29, 1.82) is 0 Å². The lowest BCUT2D eigenvalue weighted by atomic mass is 9.99. The van der Waals surface area contributed by atoms with Gasteiger partial charge in [-0.2, -0.15) is 11.3 Å². The zero-order valence-electron chi connectivity index (χ0n) is 12.0. The van der Waals surface area contributed by atoms with Crippen molar-refractivity contribution in [3.8, 4) is 0 Å². The van der Waals surface area contributed by atoms with Crippen LogP contribution in [-0.2, 0) is 20.9 Å². The van der Waals surface area contributed by atoms with Crippen LogP contribution in [0.4, 0.5) is 4.39 Å². The molecule has 1 saturated heterocycles. The predicted octanol–water partition coefficient (Wildman–Crippen LogP) is 1.17. The van der Waals surface area contributed by atoms with E-state index in [2.05, 4.69) is 0 Å². The second-order valence-corrected chi connectivity index (χ2v) is 6.05. The number of nitrogens with zero attached hydrogens (tertiary/aromatic N) is 2. The number of alkyl halides is 1. The lowest BCUT2D eigenvalue weighted by Gasteiger charge is -2.40. The Balaban J connectivity index is 1.86. The Labute approximate surface area is 130 Å². The first-order chi connectivity index (χ1) is 10.5. The molecule has 1 fully saturated rings. The molecule has 2 aliphatic rings. The molecule has 6 nitrogen and oxygen atoms in total. The number of rotatable bonds is 4. The maximum atomic E-state index is 15.3. The molecule has 2 aliphatic heterocycles. The molecule has 0 radical (unpaired) electrons. The highest BCUT2D eigenvalue weighted by Crippen LogP contribution is 2.38. The summed E-state index contributed by atoms with van der Waals surface area (Å²) in [4.78, 5) is 38.4. The maximum Gasteiger partial charge on any atom is 0.288 e. The van der Waals surface area contributed by atoms with Gasteiger partial charge in [0.1, 0.15) is 0 Å². The minimum Gasteiger partial charge on any atom is -0.383 e. The summed E-state index contributed by atoms with van der Waals surface area (Å²) in [5.41, 5.74) is 1.16. The van der Waals surface area contributed by atoms with Gasteiger partial charge in [-0.3, -0.25) is 24.2 Å². The van der Waals surface area contributed by atoms with Crippen molar-refractivity contribution in [3.63, 3.8) is 0 Å². The summed E-state index contributed by atoms with van der Waals surface area (Å²) in [6.07, 6.45) is -0.407. The Morgan fingerprint density at radius 3 is 2.82 bits per heavy atom. The summed E-state index contributed by atoms with van der Waals surface area (Å²) in [6.45, 7) is 0.184. The highest BCUT2D eigenvalue weighted by molar-refractivity contribution is 7.08. The van der Waals surface area contributed by atoms with Crippen LogP contribution >= 0.6 is 11.3 Å². The number of fused-ring (bicyclic) bond motifs is 1. The van der Waals surface area contributed by atoms with Gasteiger partial charge < -0.3 is 4.74 Å². The van der Waals surface area contributed by atoms with Gasteiger partial charge in [-0.05, 0) is 10.9 Å². The summed E-state index contributed by atoms with van der Waals surface area (Å²) >= 11 is 1.37. The van der Waals surface area contributed by atoms with Gasteiger partial charge in [-0.25, -0.2) is 4.39 Å². The van der Waals surface area contributed by atoms with E-state index in [0.29, 0.717) is 5.56 Å². The average molecular weight is 326 g/mol. The first-order valence-electron chi connectivity index (χ1n) is 6.88. The molecule has 22 heavy (non-hydrogen) atoms. The van der Waals surface area contributed by atoms with Gasteiger partial charge in [0.25, 0.3) is 17.6 Å². The summed E-state index contributed by atoms with van der Waals surface area (Å²) in [5, 5.41) is 3.43. The quantitative estimate of drug-likeness (QED) is 0.615. The molecule has 118 valence electrons. The van der Waals surface area contributed by atoms with Crippen molar-refractivity contribution < 1.29 is 23.5 Å². The van der Waals surface area contributed by atoms with Gasteiger partial charge in [-0.1, -0.05) is 0 Å². The molecule has 3 rings (SSSR count). The SMILES string of the molecule is COCCN1C(=O)CCC(F)(N2Cc3cscc3C2=O)C1=O. The highest BCUT2D eigenvalue weighted by Gasteiger charge is 2.55. The number of ether oxygens (including phenoxy) is 1. The number of halogens is 1. The number of imide groups is 1. The third kappa shape index (κ3) is 2.14. The molecule has 8 heteroatoms. The second-order valence-electron chi connectivity index (χ2n) is 5.30. The van der Waals surface area contributed by atoms with E-state index in [0.717, 1.165) is 15.4 Å². The number of amides is 3. The fourth-order valence-corrected chi connectivity index (χ4v) is 3.62. The number of carbonyl (C=O) groups is 3. The number of carbonyl (C=O) groups excluding carboxylic acids is 3. The van der Waals surface area contributed by atoms with E-state index in [4.69, 9.17) is 4.74 Å². The third-order valence-corrected chi connectivity index (χ3v) is 4.83. The van der Waals surface area contributed by atoms with Crippen LogP contribution < -0.4 is 0 Å². The molecule has 3 amide bonds. The van der Waals surface area contributed by atoms with E-state index < -0.39 is 23.5 Å². The van der Waals surface area contributed by atoms with E-state index in [9.17, 15) is 14.4 Å². The molecule has 1 atom stereocenters. The van der Waals surface area contributed by atoms with E-state index in [1.807, 2.05) is 0 Å². The zero-order valence-corrected chi connectivity index (χ0v) is 12.8. The molecule has 1 aromatic rings. The normalized spacial score (nSPS) is 25.1. The van der Waals surface area contributed by atoms with Crippen LogP contribution in [0, 0.1) is 0 Å². The molecule has 0 saturated carbocycles. The minimum absolute atomic E-state index is 0.0108. The van der Waals surface area contributed by atoms with Crippen LogP contribution in [0.15, 0.2) is 10.8 Å². The molecular weight excluding hydrogens is 311 g/mol. The number of piperidine rings is 1. The average Bonchev–Trinajstić information content (AvgIpc) is 3.07. The summed E-state index contributed by atoms with van der Waals surface area (Å²) in [7, 11) is 1.43. The highest BCUT2D eigenvalue weighted by atomic mass is 32.1. The lowest BCUT2D eigenvalue weighted by Crippen LogP contribution is -2.62.